The first-order chi connectivity index (χ1) is 9.81. The average Bonchev–Trinajstić information content (AvgIpc) is 2.83. The van der Waals surface area contributed by atoms with Crippen molar-refractivity contribution in [1.82, 2.24) is 9.55 Å². The molecule has 0 spiro atoms. The molecule has 2 aromatic heterocycles. The van der Waals surface area contributed by atoms with E-state index in [9.17, 15) is 18.0 Å². The van der Waals surface area contributed by atoms with Crippen molar-refractivity contribution in [2.24, 2.45) is 0 Å². The first-order valence-electron chi connectivity index (χ1n) is 5.66. The standard InChI is InChI=1S/C13H8F3N3O2/c14-13(15,16)11-7-19(6-10(11)12(20)21)5-8-1-2-18-9(3-8)4-17/h1-3,6-7H,5H2,(H,20,21). The molecule has 5 nitrogen and oxygen atoms in total. The molecule has 0 aromatic carbocycles. The van der Waals surface area contributed by atoms with Gasteiger partial charge in [0, 0.05) is 25.1 Å². The van der Waals surface area contributed by atoms with E-state index in [0.29, 0.717) is 5.56 Å². The largest absolute Gasteiger partial charge is 0.478 e. The van der Waals surface area contributed by atoms with Crippen LogP contribution in [0.3, 0.4) is 0 Å². The van der Waals surface area contributed by atoms with Crippen LogP contribution in [-0.2, 0) is 12.7 Å². The van der Waals surface area contributed by atoms with E-state index >= 15 is 0 Å². The first-order valence-corrected chi connectivity index (χ1v) is 5.66. The van der Waals surface area contributed by atoms with Crippen LogP contribution in [0.5, 0.6) is 0 Å². The molecule has 0 saturated heterocycles. The molecule has 0 fully saturated rings. The van der Waals surface area contributed by atoms with Crippen molar-refractivity contribution in [2.75, 3.05) is 0 Å². The Hall–Kier alpha value is -2.82. The maximum Gasteiger partial charge on any atom is 0.418 e. The van der Waals surface area contributed by atoms with Gasteiger partial charge in [-0.2, -0.15) is 18.4 Å². The third kappa shape index (κ3) is 3.20. The number of nitriles is 1. The normalized spacial score (nSPS) is 11.1. The van der Waals surface area contributed by atoms with Gasteiger partial charge in [-0.15, -0.1) is 0 Å². The summed E-state index contributed by atoms with van der Waals surface area (Å²) in [5.74, 6) is -1.64. The first kappa shape index (κ1) is 14.6. The molecule has 0 radical (unpaired) electrons. The molecule has 0 amide bonds. The number of nitrogens with zero attached hydrogens (tertiary/aromatic N) is 3. The third-order valence-corrected chi connectivity index (χ3v) is 2.72. The Morgan fingerprint density at radius 2 is 2.14 bits per heavy atom. The maximum atomic E-state index is 12.7. The topological polar surface area (TPSA) is 78.9 Å². The van der Waals surface area contributed by atoms with Crippen molar-refractivity contribution in [3.63, 3.8) is 0 Å². The molecular formula is C13H8F3N3O2. The van der Waals surface area contributed by atoms with E-state index < -0.39 is 23.3 Å². The van der Waals surface area contributed by atoms with Gasteiger partial charge in [0.2, 0.25) is 0 Å². The predicted molar refractivity (Wildman–Crippen MR) is 64.4 cm³/mol. The van der Waals surface area contributed by atoms with Gasteiger partial charge in [-0.05, 0) is 17.7 Å². The number of carboxylic acid groups (broad SMARTS) is 1. The number of carbonyl (C=O) groups is 1. The lowest BCUT2D eigenvalue weighted by molar-refractivity contribution is -0.138. The van der Waals surface area contributed by atoms with Gasteiger partial charge in [0.05, 0.1) is 11.1 Å². The smallest absolute Gasteiger partial charge is 0.418 e. The lowest BCUT2D eigenvalue weighted by Crippen LogP contribution is -2.09. The van der Waals surface area contributed by atoms with Crippen LogP contribution >= 0.6 is 0 Å². The van der Waals surface area contributed by atoms with Gasteiger partial charge in [-0.1, -0.05) is 0 Å². The third-order valence-electron chi connectivity index (χ3n) is 2.72. The van der Waals surface area contributed by atoms with E-state index in [0.717, 1.165) is 17.0 Å². The van der Waals surface area contributed by atoms with Crippen LogP contribution in [-0.4, -0.2) is 20.6 Å². The Balaban J connectivity index is 2.37. The quantitative estimate of drug-likeness (QED) is 0.943. The molecule has 0 aliphatic rings. The van der Waals surface area contributed by atoms with Crippen LogP contribution in [0.4, 0.5) is 13.2 Å². The van der Waals surface area contributed by atoms with E-state index in [1.807, 2.05) is 6.07 Å². The minimum absolute atomic E-state index is 0.00750. The van der Waals surface area contributed by atoms with Crippen LogP contribution in [0.1, 0.15) is 27.2 Å². The highest BCUT2D eigenvalue weighted by molar-refractivity contribution is 5.89. The summed E-state index contributed by atoms with van der Waals surface area (Å²) in [6.45, 7) is 0.00750. The highest BCUT2D eigenvalue weighted by Gasteiger charge is 2.36. The summed E-state index contributed by atoms with van der Waals surface area (Å²) < 4.78 is 39.4. The number of aromatic carboxylic acids is 1. The fourth-order valence-corrected chi connectivity index (χ4v) is 1.84. The molecule has 2 aromatic rings. The summed E-state index contributed by atoms with van der Waals surface area (Å²) in [6, 6.07) is 4.78. The van der Waals surface area contributed by atoms with E-state index in [1.165, 1.54) is 18.3 Å². The van der Waals surface area contributed by atoms with Crippen molar-refractivity contribution >= 4 is 5.97 Å². The van der Waals surface area contributed by atoms with Crippen molar-refractivity contribution in [2.45, 2.75) is 12.7 Å². The zero-order chi connectivity index (χ0) is 15.6. The van der Waals surface area contributed by atoms with Gasteiger partial charge in [-0.25, -0.2) is 9.78 Å². The molecule has 8 heteroatoms. The van der Waals surface area contributed by atoms with E-state index in [4.69, 9.17) is 10.4 Å². The number of hydrogen-bond donors (Lipinski definition) is 1. The van der Waals surface area contributed by atoms with Crippen LogP contribution in [0, 0.1) is 11.3 Å². The molecule has 2 heterocycles. The van der Waals surface area contributed by atoms with Crippen molar-refractivity contribution in [3.05, 3.63) is 53.1 Å². The molecule has 0 aliphatic heterocycles. The average molecular weight is 295 g/mol. The van der Waals surface area contributed by atoms with Crippen LogP contribution in [0.2, 0.25) is 0 Å². The zero-order valence-corrected chi connectivity index (χ0v) is 10.4. The SMILES string of the molecule is N#Cc1cc(Cn2cc(C(=O)O)c(C(F)(F)F)c2)ccn1. The fraction of sp³-hybridized carbons (Fsp3) is 0.154. The Labute approximate surface area is 116 Å². The van der Waals surface area contributed by atoms with E-state index in [1.54, 1.807) is 0 Å². The van der Waals surface area contributed by atoms with Gasteiger partial charge in [-0.3, -0.25) is 0 Å². The number of carboxylic acids is 1. The summed E-state index contributed by atoms with van der Waals surface area (Å²) >= 11 is 0. The summed E-state index contributed by atoms with van der Waals surface area (Å²) in [5.41, 5.74) is -1.34. The number of aromatic nitrogens is 2. The second-order valence-electron chi connectivity index (χ2n) is 4.22. The second kappa shape index (κ2) is 5.28. The molecule has 21 heavy (non-hydrogen) atoms. The van der Waals surface area contributed by atoms with E-state index in [2.05, 4.69) is 4.98 Å². The highest BCUT2D eigenvalue weighted by atomic mass is 19.4. The summed E-state index contributed by atoms with van der Waals surface area (Å²) in [4.78, 5) is 14.6. The monoisotopic (exact) mass is 295 g/mol. The molecular weight excluding hydrogens is 287 g/mol. The molecule has 108 valence electrons. The Morgan fingerprint density at radius 3 is 2.67 bits per heavy atom. The number of alkyl halides is 3. The van der Waals surface area contributed by atoms with Gasteiger partial charge >= 0.3 is 12.1 Å². The van der Waals surface area contributed by atoms with Gasteiger partial charge in [0.1, 0.15) is 11.8 Å². The van der Waals surface area contributed by atoms with Crippen molar-refractivity contribution < 1.29 is 23.1 Å². The molecule has 0 saturated carbocycles. The number of pyridine rings is 1. The molecule has 2 rings (SSSR count). The molecule has 0 atom stereocenters. The van der Waals surface area contributed by atoms with Crippen molar-refractivity contribution in [3.8, 4) is 6.07 Å². The second-order valence-corrected chi connectivity index (χ2v) is 4.22. The Morgan fingerprint density at radius 1 is 1.43 bits per heavy atom. The summed E-state index contributed by atoms with van der Waals surface area (Å²) in [6.07, 6.45) is -1.73. The lowest BCUT2D eigenvalue weighted by atomic mass is 10.2. The highest BCUT2D eigenvalue weighted by Crippen LogP contribution is 2.32. The van der Waals surface area contributed by atoms with Gasteiger partial charge in [0.25, 0.3) is 0 Å². The lowest BCUT2D eigenvalue weighted by Gasteiger charge is -2.05. The van der Waals surface area contributed by atoms with E-state index in [-0.39, 0.29) is 12.2 Å². The van der Waals surface area contributed by atoms with Gasteiger partial charge < -0.3 is 9.67 Å². The molecule has 0 unspecified atom stereocenters. The van der Waals surface area contributed by atoms with Crippen LogP contribution in [0.25, 0.3) is 0 Å². The number of rotatable bonds is 3. The molecule has 0 bridgehead atoms. The minimum Gasteiger partial charge on any atom is -0.478 e. The molecule has 0 aliphatic carbocycles. The number of hydrogen-bond acceptors (Lipinski definition) is 3. The summed E-state index contributed by atoms with van der Waals surface area (Å²) in [7, 11) is 0. The maximum absolute atomic E-state index is 12.7. The Bertz CT molecular complexity index is 729. The predicted octanol–water partition coefficient (Wildman–Crippen LogP) is 2.52. The van der Waals surface area contributed by atoms with Crippen LogP contribution < -0.4 is 0 Å². The fourth-order valence-electron chi connectivity index (χ4n) is 1.84. The Kier molecular flexibility index (Phi) is 3.67. The van der Waals surface area contributed by atoms with Crippen molar-refractivity contribution in [1.29, 1.82) is 5.26 Å². The minimum atomic E-state index is -4.74. The zero-order valence-electron chi connectivity index (χ0n) is 10.4. The molecule has 1 N–H and O–H groups in total. The number of halogens is 3. The summed E-state index contributed by atoms with van der Waals surface area (Å²) in [5, 5.41) is 17.5. The van der Waals surface area contributed by atoms with Crippen LogP contribution in [0.15, 0.2) is 30.7 Å². The van der Waals surface area contributed by atoms with Gasteiger partial charge in [0.15, 0.2) is 0 Å².